The molecule has 1 rings (SSSR count). The van der Waals surface area contributed by atoms with Crippen molar-refractivity contribution in [1.29, 1.82) is 0 Å². The van der Waals surface area contributed by atoms with Gasteiger partial charge >= 0.3 is 12.1 Å². The third-order valence-corrected chi connectivity index (χ3v) is 3.19. The largest absolute Gasteiger partial charge is 0.465 e. The zero-order valence-electron chi connectivity index (χ0n) is 12.8. The number of methoxy groups -OCH3 is 1. The molecule has 0 saturated heterocycles. The van der Waals surface area contributed by atoms with Crippen molar-refractivity contribution in [3.8, 4) is 0 Å². The second-order valence-electron chi connectivity index (χ2n) is 4.81. The highest BCUT2D eigenvalue weighted by atomic mass is 19.4. The van der Waals surface area contributed by atoms with Crippen molar-refractivity contribution in [2.24, 2.45) is 0 Å². The predicted octanol–water partition coefficient (Wildman–Crippen LogP) is 3.76. The molecular weight excluding hydrogens is 299 g/mol. The van der Waals surface area contributed by atoms with Crippen LogP contribution < -0.4 is 5.32 Å². The van der Waals surface area contributed by atoms with Crippen molar-refractivity contribution in [1.82, 2.24) is 0 Å². The van der Waals surface area contributed by atoms with Crippen LogP contribution >= 0.6 is 0 Å². The Morgan fingerprint density at radius 2 is 2.00 bits per heavy atom. The molecule has 0 aliphatic rings. The van der Waals surface area contributed by atoms with Gasteiger partial charge in [-0.25, -0.2) is 4.79 Å². The van der Waals surface area contributed by atoms with E-state index < -0.39 is 23.8 Å². The van der Waals surface area contributed by atoms with Crippen LogP contribution in [0.5, 0.6) is 0 Å². The van der Waals surface area contributed by atoms with Crippen LogP contribution in [0.3, 0.4) is 0 Å². The average molecular weight is 319 g/mol. The van der Waals surface area contributed by atoms with E-state index >= 15 is 0 Å². The summed E-state index contributed by atoms with van der Waals surface area (Å²) in [6.45, 7) is 3.80. The molecule has 1 atom stereocenters. The van der Waals surface area contributed by atoms with Crippen LogP contribution in [0, 0.1) is 0 Å². The lowest BCUT2D eigenvalue weighted by Gasteiger charge is -2.20. The van der Waals surface area contributed by atoms with Gasteiger partial charge in [0.25, 0.3) is 0 Å². The minimum absolute atomic E-state index is 0.0255. The van der Waals surface area contributed by atoms with Gasteiger partial charge in [-0.3, -0.25) is 0 Å². The van der Waals surface area contributed by atoms with Crippen molar-refractivity contribution in [2.45, 2.75) is 39.0 Å². The summed E-state index contributed by atoms with van der Waals surface area (Å²) in [4.78, 5) is 11.8. The Balaban J connectivity index is 3.54. The number of carbonyl (C=O) groups is 1. The van der Waals surface area contributed by atoms with E-state index in [2.05, 4.69) is 10.1 Å². The molecule has 0 bridgehead atoms. The fraction of sp³-hybridized carbons (Fsp3) is 0.533. The van der Waals surface area contributed by atoms with Crippen molar-refractivity contribution < 1.29 is 27.8 Å². The van der Waals surface area contributed by atoms with Gasteiger partial charge in [-0.1, -0.05) is 13.3 Å². The number of nitrogens with one attached hydrogen (secondary N) is 1. The van der Waals surface area contributed by atoms with E-state index in [9.17, 15) is 23.1 Å². The van der Waals surface area contributed by atoms with Gasteiger partial charge in [-0.2, -0.15) is 13.2 Å². The van der Waals surface area contributed by atoms with E-state index in [-0.39, 0.29) is 23.2 Å². The van der Waals surface area contributed by atoms with E-state index in [1.54, 1.807) is 13.8 Å². The SMILES string of the molecule is CCCC(O)c1cc(C(=O)OC)c(NCC)cc1C(F)(F)F. The molecule has 0 saturated carbocycles. The minimum atomic E-state index is -4.62. The van der Waals surface area contributed by atoms with Gasteiger partial charge < -0.3 is 15.2 Å². The molecule has 0 amide bonds. The number of ether oxygens (including phenoxy) is 1. The fourth-order valence-corrected chi connectivity index (χ4v) is 2.18. The number of benzene rings is 1. The third-order valence-electron chi connectivity index (χ3n) is 3.19. The van der Waals surface area contributed by atoms with Crippen molar-refractivity contribution >= 4 is 11.7 Å². The third kappa shape index (κ3) is 4.13. The molecule has 0 aliphatic heterocycles. The number of anilines is 1. The second-order valence-corrected chi connectivity index (χ2v) is 4.81. The molecule has 7 heteroatoms. The highest BCUT2D eigenvalue weighted by molar-refractivity contribution is 5.96. The second kappa shape index (κ2) is 7.49. The van der Waals surface area contributed by atoms with Gasteiger partial charge in [0, 0.05) is 12.2 Å². The summed E-state index contributed by atoms with van der Waals surface area (Å²) in [5, 5.41) is 12.7. The Labute approximate surface area is 127 Å². The first-order valence-electron chi connectivity index (χ1n) is 7.01. The van der Waals surface area contributed by atoms with Crippen LogP contribution in [0.2, 0.25) is 0 Å². The maximum Gasteiger partial charge on any atom is 0.416 e. The van der Waals surface area contributed by atoms with Crippen molar-refractivity contribution in [3.63, 3.8) is 0 Å². The van der Waals surface area contributed by atoms with Gasteiger partial charge in [0.1, 0.15) is 0 Å². The summed E-state index contributed by atoms with van der Waals surface area (Å²) in [7, 11) is 1.15. The van der Waals surface area contributed by atoms with Crippen LogP contribution in [0.4, 0.5) is 18.9 Å². The standard InChI is InChI=1S/C15H20F3NO3/c1-4-6-13(20)9-7-10(14(21)22-3)12(19-5-2)8-11(9)15(16,17)18/h7-8,13,19-20H,4-6H2,1-3H3. The smallest absolute Gasteiger partial charge is 0.416 e. The summed E-state index contributed by atoms with van der Waals surface area (Å²) < 4.78 is 44.3. The van der Waals surface area contributed by atoms with Crippen molar-refractivity contribution in [3.05, 3.63) is 28.8 Å². The summed E-state index contributed by atoms with van der Waals surface area (Å²) in [6, 6.07) is 1.91. The summed E-state index contributed by atoms with van der Waals surface area (Å²) >= 11 is 0. The van der Waals surface area contributed by atoms with E-state index in [0.29, 0.717) is 13.0 Å². The number of carbonyl (C=O) groups excluding carboxylic acids is 1. The molecule has 22 heavy (non-hydrogen) atoms. The molecule has 124 valence electrons. The predicted molar refractivity (Wildman–Crippen MR) is 76.8 cm³/mol. The molecule has 0 radical (unpaired) electrons. The van der Waals surface area contributed by atoms with E-state index in [1.807, 2.05) is 0 Å². The Morgan fingerprint density at radius 1 is 1.36 bits per heavy atom. The maximum absolute atomic E-state index is 13.2. The number of aliphatic hydroxyl groups excluding tert-OH is 1. The monoisotopic (exact) mass is 319 g/mol. The van der Waals surface area contributed by atoms with Crippen LogP contribution in [-0.4, -0.2) is 24.7 Å². The molecule has 1 aromatic rings. The number of hydrogen-bond donors (Lipinski definition) is 2. The van der Waals surface area contributed by atoms with Gasteiger partial charge in [-0.05, 0) is 31.0 Å². The number of alkyl halides is 3. The molecule has 0 spiro atoms. The van der Waals surface area contributed by atoms with Crippen molar-refractivity contribution in [2.75, 3.05) is 19.0 Å². The molecule has 0 fully saturated rings. The first-order chi connectivity index (χ1) is 10.3. The van der Waals surface area contributed by atoms with E-state index in [4.69, 9.17) is 0 Å². The number of esters is 1. The summed E-state index contributed by atoms with van der Waals surface area (Å²) in [5.74, 6) is -0.755. The average Bonchev–Trinajstić information content (AvgIpc) is 2.45. The van der Waals surface area contributed by atoms with Crippen LogP contribution in [0.15, 0.2) is 12.1 Å². The molecule has 1 unspecified atom stereocenters. The Morgan fingerprint density at radius 3 is 2.45 bits per heavy atom. The quantitative estimate of drug-likeness (QED) is 0.784. The number of rotatable bonds is 6. The molecule has 0 aliphatic carbocycles. The highest BCUT2D eigenvalue weighted by Gasteiger charge is 2.36. The normalized spacial score (nSPS) is 12.9. The van der Waals surface area contributed by atoms with E-state index in [1.165, 1.54) is 0 Å². The van der Waals surface area contributed by atoms with Gasteiger partial charge in [0.15, 0.2) is 0 Å². The van der Waals surface area contributed by atoms with Crippen LogP contribution in [0.1, 0.15) is 54.3 Å². The molecule has 2 N–H and O–H groups in total. The van der Waals surface area contributed by atoms with Gasteiger partial charge in [0.05, 0.1) is 24.3 Å². The summed E-state index contributed by atoms with van der Waals surface area (Å²) in [6.07, 6.45) is -5.23. The Bertz CT molecular complexity index is 529. The minimum Gasteiger partial charge on any atom is -0.465 e. The topological polar surface area (TPSA) is 58.6 Å². The Kier molecular flexibility index (Phi) is 6.22. The number of aliphatic hydroxyl groups is 1. The number of hydrogen-bond acceptors (Lipinski definition) is 4. The van der Waals surface area contributed by atoms with Crippen LogP contribution in [0.25, 0.3) is 0 Å². The van der Waals surface area contributed by atoms with Crippen LogP contribution in [-0.2, 0) is 10.9 Å². The molecule has 4 nitrogen and oxygen atoms in total. The first kappa shape index (κ1) is 18.3. The first-order valence-corrected chi connectivity index (χ1v) is 7.01. The molecular formula is C15H20F3NO3. The zero-order valence-corrected chi connectivity index (χ0v) is 12.8. The van der Waals surface area contributed by atoms with Gasteiger partial charge in [0.2, 0.25) is 0 Å². The highest BCUT2D eigenvalue weighted by Crippen LogP contribution is 2.39. The maximum atomic E-state index is 13.2. The fourth-order valence-electron chi connectivity index (χ4n) is 2.18. The molecule has 1 aromatic carbocycles. The van der Waals surface area contributed by atoms with E-state index in [0.717, 1.165) is 19.2 Å². The van der Waals surface area contributed by atoms with Gasteiger partial charge in [-0.15, -0.1) is 0 Å². The lowest BCUT2D eigenvalue weighted by atomic mass is 9.95. The lowest BCUT2D eigenvalue weighted by Crippen LogP contribution is -2.17. The number of halogens is 3. The molecule has 0 aromatic heterocycles. The summed E-state index contributed by atoms with van der Waals surface area (Å²) in [5.41, 5.74) is -1.25. The zero-order chi connectivity index (χ0) is 16.9. The molecule has 0 heterocycles. The Hall–Kier alpha value is -1.76. The lowest BCUT2D eigenvalue weighted by molar-refractivity contribution is -0.139.